The van der Waals surface area contributed by atoms with E-state index in [1.165, 1.54) is 6.42 Å². The van der Waals surface area contributed by atoms with Crippen molar-refractivity contribution in [2.45, 2.75) is 46.1 Å². The zero-order chi connectivity index (χ0) is 16.3. The molecule has 0 aromatic heterocycles. The Morgan fingerprint density at radius 3 is 2.43 bits per heavy atom. The third-order valence-electron chi connectivity index (χ3n) is 4.31. The SMILES string of the molecule is CC1(C)CO[P+]([O-])(N(Cc2ccccc2)C2=CCCCC2)OC1. The van der Waals surface area contributed by atoms with Crippen LogP contribution in [0.4, 0.5) is 0 Å². The molecule has 0 amide bonds. The van der Waals surface area contributed by atoms with Crippen LogP contribution >= 0.6 is 8.09 Å². The summed E-state index contributed by atoms with van der Waals surface area (Å²) in [6, 6.07) is 10.1. The smallest absolute Gasteiger partial charge is 0.338 e. The molecule has 126 valence electrons. The van der Waals surface area contributed by atoms with E-state index in [0.717, 1.165) is 30.5 Å². The average Bonchev–Trinajstić information content (AvgIpc) is 2.57. The molecule has 0 bridgehead atoms. The largest absolute Gasteiger partial charge is 0.612 e. The monoisotopic (exact) mass is 335 g/mol. The van der Waals surface area contributed by atoms with Crippen LogP contribution in [0.3, 0.4) is 0 Å². The molecule has 1 aliphatic heterocycles. The number of hydrogen-bond donors (Lipinski definition) is 0. The molecule has 1 saturated heterocycles. The molecule has 0 radical (unpaired) electrons. The van der Waals surface area contributed by atoms with E-state index in [0.29, 0.717) is 19.8 Å². The van der Waals surface area contributed by atoms with Crippen LogP contribution in [0.25, 0.3) is 0 Å². The summed E-state index contributed by atoms with van der Waals surface area (Å²) < 4.78 is 13.5. The first-order valence-corrected chi connectivity index (χ1v) is 9.88. The second-order valence-electron chi connectivity index (χ2n) is 7.16. The van der Waals surface area contributed by atoms with Gasteiger partial charge >= 0.3 is 8.09 Å². The maximum atomic E-state index is 13.4. The normalized spacial score (nSPS) is 23.2. The Balaban J connectivity index is 1.84. The fourth-order valence-electron chi connectivity index (χ4n) is 2.89. The third kappa shape index (κ3) is 4.13. The van der Waals surface area contributed by atoms with Gasteiger partial charge in [0.05, 0.1) is 12.2 Å². The molecule has 23 heavy (non-hydrogen) atoms. The van der Waals surface area contributed by atoms with E-state index in [9.17, 15) is 4.89 Å². The highest BCUT2D eigenvalue weighted by Crippen LogP contribution is 2.62. The molecule has 1 aromatic rings. The molecular weight excluding hydrogens is 309 g/mol. The molecule has 1 aromatic carbocycles. The van der Waals surface area contributed by atoms with Crippen molar-refractivity contribution in [3.8, 4) is 0 Å². The first kappa shape index (κ1) is 16.9. The van der Waals surface area contributed by atoms with Crippen molar-refractivity contribution in [2.75, 3.05) is 13.2 Å². The molecular formula is C18H26NO3P. The van der Waals surface area contributed by atoms with Gasteiger partial charge in [-0.1, -0.05) is 50.3 Å². The predicted molar refractivity (Wildman–Crippen MR) is 91.1 cm³/mol. The maximum Gasteiger partial charge on any atom is 0.338 e. The summed E-state index contributed by atoms with van der Waals surface area (Å²) >= 11 is 0. The Bertz CT molecular complexity index is 549. The fraction of sp³-hybridized carbons (Fsp3) is 0.556. The molecule has 1 heterocycles. The highest BCUT2D eigenvalue weighted by Gasteiger charge is 2.47. The molecule has 0 atom stereocenters. The van der Waals surface area contributed by atoms with Crippen molar-refractivity contribution in [1.29, 1.82) is 0 Å². The second-order valence-corrected chi connectivity index (χ2v) is 9.10. The first-order valence-electron chi connectivity index (χ1n) is 8.39. The van der Waals surface area contributed by atoms with Gasteiger partial charge in [-0.2, -0.15) is 9.05 Å². The Kier molecular flexibility index (Phi) is 5.07. The summed E-state index contributed by atoms with van der Waals surface area (Å²) in [7, 11) is -3.27. The predicted octanol–water partition coefficient (Wildman–Crippen LogP) is 4.06. The lowest BCUT2D eigenvalue weighted by Crippen LogP contribution is -2.42. The fourth-order valence-corrected chi connectivity index (χ4v) is 5.10. The molecule has 0 N–H and O–H groups in total. The molecule has 1 aliphatic carbocycles. The van der Waals surface area contributed by atoms with E-state index in [4.69, 9.17) is 9.05 Å². The van der Waals surface area contributed by atoms with E-state index in [1.54, 1.807) is 0 Å². The summed E-state index contributed by atoms with van der Waals surface area (Å²) in [5.41, 5.74) is 2.13. The zero-order valence-corrected chi connectivity index (χ0v) is 14.9. The minimum atomic E-state index is -3.27. The maximum absolute atomic E-state index is 13.4. The van der Waals surface area contributed by atoms with Crippen LogP contribution in [0, 0.1) is 5.41 Å². The second kappa shape index (κ2) is 6.90. The van der Waals surface area contributed by atoms with Gasteiger partial charge in [0.2, 0.25) is 0 Å². The van der Waals surface area contributed by atoms with Crippen LogP contribution in [0.1, 0.15) is 45.1 Å². The zero-order valence-electron chi connectivity index (χ0n) is 14.0. The highest BCUT2D eigenvalue weighted by atomic mass is 31.2. The van der Waals surface area contributed by atoms with E-state index in [1.807, 2.05) is 22.9 Å². The van der Waals surface area contributed by atoms with Gasteiger partial charge in [0.1, 0.15) is 13.2 Å². The molecule has 1 fully saturated rings. The molecule has 2 aliphatic rings. The van der Waals surface area contributed by atoms with Crippen molar-refractivity contribution in [3.05, 3.63) is 47.7 Å². The number of allylic oxidation sites excluding steroid dienone is 2. The van der Waals surface area contributed by atoms with E-state index in [2.05, 4.69) is 32.1 Å². The van der Waals surface area contributed by atoms with E-state index in [-0.39, 0.29) is 5.41 Å². The van der Waals surface area contributed by atoms with Crippen molar-refractivity contribution in [2.24, 2.45) is 5.41 Å². The number of rotatable bonds is 4. The first-order chi connectivity index (χ1) is 11.0. The van der Waals surface area contributed by atoms with E-state index >= 15 is 0 Å². The van der Waals surface area contributed by atoms with E-state index < -0.39 is 8.09 Å². The molecule has 0 saturated carbocycles. The summed E-state index contributed by atoms with van der Waals surface area (Å²) in [5.74, 6) is 0. The average molecular weight is 335 g/mol. The summed E-state index contributed by atoms with van der Waals surface area (Å²) in [6.07, 6.45) is 6.49. The van der Waals surface area contributed by atoms with Crippen LogP contribution in [0.2, 0.25) is 0 Å². The minimum absolute atomic E-state index is 0.0900. The Labute approximate surface area is 139 Å². The van der Waals surface area contributed by atoms with Gasteiger partial charge in [0.15, 0.2) is 0 Å². The standard InChI is InChI=1S/C18H26NO3P/c1-18(2)14-21-23(20,22-15-18)19(17-11-7-4-8-12-17)13-16-9-5-3-6-10-16/h3,5-6,9-11H,4,7-8,12-15H2,1-2H3. The van der Waals surface area contributed by atoms with Crippen LogP contribution < -0.4 is 4.89 Å². The lowest BCUT2D eigenvalue weighted by atomic mass is 9.97. The topological polar surface area (TPSA) is 44.8 Å². The van der Waals surface area contributed by atoms with Gasteiger partial charge < -0.3 is 4.89 Å². The van der Waals surface area contributed by atoms with Crippen LogP contribution in [-0.4, -0.2) is 17.9 Å². The van der Waals surface area contributed by atoms with Gasteiger partial charge in [-0.3, -0.25) is 0 Å². The van der Waals surface area contributed by atoms with Crippen LogP contribution in [0.15, 0.2) is 42.1 Å². The van der Waals surface area contributed by atoms with Crippen molar-refractivity contribution in [3.63, 3.8) is 0 Å². The van der Waals surface area contributed by atoms with Gasteiger partial charge in [-0.05, 0) is 31.2 Å². The van der Waals surface area contributed by atoms with Crippen molar-refractivity contribution in [1.82, 2.24) is 4.67 Å². The summed E-state index contributed by atoms with van der Waals surface area (Å²) in [5, 5.41) is 0. The molecule has 4 nitrogen and oxygen atoms in total. The molecule has 0 spiro atoms. The molecule has 5 heteroatoms. The van der Waals surface area contributed by atoms with Crippen LogP contribution in [0.5, 0.6) is 0 Å². The van der Waals surface area contributed by atoms with Gasteiger partial charge in [-0.25, -0.2) is 4.67 Å². The van der Waals surface area contributed by atoms with Gasteiger partial charge in [0, 0.05) is 5.41 Å². The van der Waals surface area contributed by atoms with Crippen molar-refractivity contribution < 1.29 is 13.9 Å². The number of benzene rings is 1. The Morgan fingerprint density at radius 1 is 1.13 bits per heavy atom. The quantitative estimate of drug-likeness (QED) is 0.779. The molecule has 3 rings (SSSR count). The van der Waals surface area contributed by atoms with Crippen molar-refractivity contribution >= 4 is 8.09 Å². The highest BCUT2D eigenvalue weighted by molar-refractivity contribution is 7.56. The third-order valence-corrected chi connectivity index (χ3v) is 6.21. The number of hydrogen-bond acceptors (Lipinski definition) is 4. The summed E-state index contributed by atoms with van der Waals surface area (Å²) in [6.45, 7) is 5.62. The van der Waals surface area contributed by atoms with Crippen LogP contribution in [-0.2, 0) is 15.6 Å². The lowest BCUT2D eigenvalue weighted by molar-refractivity contribution is -0.248. The number of nitrogens with zero attached hydrogens (tertiary/aromatic N) is 1. The Hall–Kier alpha value is -0.930. The molecule has 0 unspecified atom stereocenters. The lowest BCUT2D eigenvalue weighted by Gasteiger charge is -2.44. The van der Waals surface area contributed by atoms with Gasteiger partial charge in [0.25, 0.3) is 0 Å². The Morgan fingerprint density at radius 2 is 1.83 bits per heavy atom. The minimum Gasteiger partial charge on any atom is -0.612 e. The summed E-state index contributed by atoms with van der Waals surface area (Å²) in [4.78, 5) is 13.4. The van der Waals surface area contributed by atoms with Gasteiger partial charge in [-0.15, -0.1) is 0 Å².